The molecule has 0 N–H and O–H groups in total. The zero-order valence-corrected chi connectivity index (χ0v) is 10.7. The standard InChI is InChI=1S/C13H9ClN2S/c1-17-13-15-11-9-5-3-2-4-8(9)6-7-10(11)12(14)16-13/h2-7H,1H3. The van der Waals surface area contributed by atoms with E-state index in [1.54, 1.807) is 0 Å². The van der Waals surface area contributed by atoms with Gasteiger partial charge in [-0.05, 0) is 17.7 Å². The molecule has 2 aromatic carbocycles. The number of hydrogen-bond acceptors (Lipinski definition) is 3. The number of nitrogens with zero attached hydrogens (tertiary/aromatic N) is 2. The number of benzene rings is 2. The second-order valence-corrected chi connectivity index (χ2v) is 4.82. The molecule has 0 saturated heterocycles. The Morgan fingerprint density at radius 3 is 2.65 bits per heavy atom. The first-order chi connectivity index (χ1) is 8.29. The summed E-state index contributed by atoms with van der Waals surface area (Å²) in [6.07, 6.45) is 1.95. The van der Waals surface area contributed by atoms with Gasteiger partial charge in [-0.3, -0.25) is 0 Å². The molecule has 0 radical (unpaired) electrons. The Morgan fingerprint density at radius 2 is 1.82 bits per heavy atom. The number of rotatable bonds is 1. The van der Waals surface area contributed by atoms with Crippen LogP contribution in [0.3, 0.4) is 0 Å². The number of aromatic nitrogens is 2. The zero-order chi connectivity index (χ0) is 11.8. The molecule has 4 heteroatoms. The molecule has 0 aliphatic carbocycles. The highest BCUT2D eigenvalue weighted by molar-refractivity contribution is 7.98. The number of fused-ring (bicyclic) bond motifs is 3. The Labute approximate surface area is 108 Å². The lowest BCUT2D eigenvalue weighted by Gasteiger charge is -2.05. The first-order valence-electron chi connectivity index (χ1n) is 5.18. The molecule has 2 nitrogen and oxygen atoms in total. The Bertz CT molecular complexity index is 712. The van der Waals surface area contributed by atoms with Gasteiger partial charge in [-0.15, -0.1) is 0 Å². The fourth-order valence-electron chi connectivity index (χ4n) is 1.90. The number of thioether (sulfide) groups is 1. The molecule has 0 amide bonds. The fourth-order valence-corrected chi connectivity index (χ4v) is 2.55. The van der Waals surface area contributed by atoms with Gasteiger partial charge in [0, 0.05) is 10.8 Å². The van der Waals surface area contributed by atoms with Crippen molar-refractivity contribution in [1.29, 1.82) is 0 Å². The van der Waals surface area contributed by atoms with Crippen LogP contribution in [-0.4, -0.2) is 16.2 Å². The normalized spacial score (nSPS) is 11.2. The third-order valence-corrected chi connectivity index (χ3v) is 3.54. The van der Waals surface area contributed by atoms with Crippen molar-refractivity contribution in [1.82, 2.24) is 9.97 Å². The van der Waals surface area contributed by atoms with E-state index in [2.05, 4.69) is 22.1 Å². The Morgan fingerprint density at radius 1 is 1.00 bits per heavy atom. The molecule has 1 heterocycles. The van der Waals surface area contributed by atoms with E-state index in [4.69, 9.17) is 11.6 Å². The molecule has 84 valence electrons. The molecule has 0 saturated carbocycles. The summed E-state index contributed by atoms with van der Waals surface area (Å²) in [5.74, 6) is 0. The molecule has 0 atom stereocenters. The van der Waals surface area contributed by atoms with Gasteiger partial charge in [0.25, 0.3) is 0 Å². The van der Waals surface area contributed by atoms with Crippen molar-refractivity contribution in [3.05, 3.63) is 41.6 Å². The lowest BCUT2D eigenvalue weighted by molar-refractivity contribution is 1.01. The van der Waals surface area contributed by atoms with Gasteiger partial charge in [-0.1, -0.05) is 53.7 Å². The molecule has 17 heavy (non-hydrogen) atoms. The van der Waals surface area contributed by atoms with E-state index in [0.717, 1.165) is 16.3 Å². The van der Waals surface area contributed by atoms with Crippen LogP contribution >= 0.6 is 23.4 Å². The van der Waals surface area contributed by atoms with Crippen molar-refractivity contribution >= 4 is 45.0 Å². The van der Waals surface area contributed by atoms with Gasteiger partial charge >= 0.3 is 0 Å². The average Bonchev–Trinajstić information content (AvgIpc) is 2.38. The molecular weight excluding hydrogens is 252 g/mol. The maximum Gasteiger partial charge on any atom is 0.189 e. The van der Waals surface area contributed by atoms with E-state index in [1.807, 2.05) is 30.5 Å². The summed E-state index contributed by atoms with van der Waals surface area (Å²) in [7, 11) is 0. The molecule has 3 rings (SSSR count). The molecule has 0 aliphatic rings. The third kappa shape index (κ3) is 1.75. The van der Waals surface area contributed by atoms with Gasteiger partial charge < -0.3 is 0 Å². The van der Waals surface area contributed by atoms with Gasteiger partial charge in [-0.25, -0.2) is 9.97 Å². The van der Waals surface area contributed by atoms with Gasteiger partial charge in [0.2, 0.25) is 0 Å². The van der Waals surface area contributed by atoms with Crippen LogP contribution in [-0.2, 0) is 0 Å². The smallest absolute Gasteiger partial charge is 0.189 e. The first-order valence-corrected chi connectivity index (χ1v) is 6.79. The lowest BCUT2D eigenvalue weighted by Crippen LogP contribution is -1.90. The molecule has 0 bridgehead atoms. The van der Waals surface area contributed by atoms with Crippen LogP contribution in [0.15, 0.2) is 41.6 Å². The summed E-state index contributed by atoms with van der Waals surface area (Å²) < 4.78 is 0. The summed E-state index contributed by atoms with van der Waals surface area (Å²) in [5, 5.41) is 4.42. The number of hydrogen-bond donors (Lipinski definition) is 0. The van der Waals surface area contributed by atoms with Crippen LogP contribution in [0.1, 0.15) is 0 Å². The maximum absolute atomic E-state index is 6.18. The predicted molar refractivity (Wildman–Crippen MR) is 73.8 cm³/mol. The highest BCUT2D eigenvalue weighted by Crippen LogP contribution is 2.29. The molecule has 1 aromatic heterocycles. The van der Waals surface area contributed by atoms with Gasteiger partial charge in [0.1, 0.15) is 5.15 Å². The second kappa shape index (κ2) is 4.17. The second-order valence-electron chi connectivity index (χ2n) is 3.68. The molecular formula is C13H9ClN2S. The maximum atomic E-state index is 6.18. The van der Waals surface area contributed by atoms with E-state index in [1.165, 1.54) is 17.1 Å². The fraction of sp³-hybridized carbons (Fsp3) is 0.0769. The summed E-state index contributed by atoms with van der Waals surface area (Å²) in [5.41, 5.74) is 0.924. The first kappa shape index (κ1) is 10.8. The van der Waals surface area contributed by atoms with Gasteiger partial charge in [0.15, 0.2) is 5.16 Å². The highest BCUT2D eigenvalue weighted by Gasteiger charge is 2.08. The summed E-state index contributed by atoms with van der Waals surface area (Å²) in [6.45, 7) is 0. The predicted octanol–water partition coefficient (Wildman–Crippen LogP) is 4.16. The van der Waals surface area contributed by atoms with Crippen LogP contribution < -0.4 is 0 Å². The molecule has 0 spiro atoms. The Kier molecular flexibility index (Phi) is 2.65. The van der Waals surface area contributed by atoms with E-state index in [0.29, 0.717) is 10.3 Å². The lowest BCUT2D eigenvalue weighted by atomic mass is 10.1. The highest BCUT2D eigenvalue weighted by atomic mass is 35.5. The third-order valence-electron chi connectivity index (χ3n) is 2.71. The minimum atomic E-state index is 0.519. The molecule has 0 fully saturated rings. The molecule has 0 aliphatic heterocycles. The zero-order valence-electron chi connectivity index (χ0n) is 9.14. The molecule has 3 aromatic rings. The van der Waals surface area contributed by atoms with E-state index < -0.39 is 0 Å². The van der Waals surface area contributed by atoms with Crippen molar-refractivity contribution < 1.29 is 0 Å². The van der Waals surface area contributed by atoms with Crippen LogP contribution in [0.4, 0.5) is 0 Å². The van der Waals surface area contributed by atoms with Crippen molar-refractivity contribution in [3.63, 3.8) is 0 Å². The number of halogens is 1. The van der Waals surface area contributed by atoms with Crippen LogP contribution in [0.25, 0.3) is 21.7 Å². The van der Waals surface area contributed by atoms with Crippen LogP contribution in [0, 0.1) is 0 Å². The van der Waals surface area contributed by atoms with Crippen LogP contribution in [0.2, 0.25) is 5.15 Å². The quantitative estimate of drug-likeness (QED) is 0.284. The van der Waals surface area contributed by atoms with E-state index >= 15 is 0 Å². The van der Waals surface area contributed by atoms with Crippen molar-refractivity contribution in [2.75, 3.05) is 6.26 Å². The Balaban J connectivity index is 2.51. The van der Waals surface area contributed by atoms with E-state index in [9.17, 15) is 0 Å². The van der Waals surface area contributed by atoms with Crippen molar-refractivity contribution in [3.8, 4) is 0 Å². The monoisotopic (exact) mass is 260 g/mol. The summed E-state index contributed by atoms with van der Waals surface area (Å²) in [4.78, 5) is 8.79. The van der Waals surface area contributed by atoms with Gasteiger partial charge in [-0.2, -0.15) is 0 Å². The van der Waals surface area contributed by atoms with Crippen molar-refractivity contribution in [2.24, 2.45) is 0 Å². The van der Waals surface area contributed by atoms with E-state index in [-0.39, 0.29) is 0 Å². The SMILES string of the molecule is CSc1nc(Cl)c2ccc3ccccc3c2n1. The minimum absolute atomic E-state index is 0.519. The Hall–Kier alpha value is -1.32. The average molecular weight is 261 g/mol. The van der Waals surface area contributed by atoms with Crippen molar-refractivity contribution in [2.45, 2.75) is 5.16 Å². The summed E-state index contributed by atoms with van der Waals surface area (Å²) >= 11 is 7.68. The summed E-state index contributed by atoms with van der Waals surface area (Å²) in [6, 6.07) is 12.2. The largest absolute Gasteiger partial charge is 0.222 e. The van der Waals surface area contributed by atoms with Crippen LogP contribution in [0.5, 0.6) is 0 Å². The minimum Gasteiger partial charge on any atom is -0.222 e. The molecule has 0 unspecified atom stereocenters. The van der Waals surface area contributed by atoms with Gasteiger partial charge in [0.05, 0.1) is 5.52 Å². The topological polar surface area (TPSA) is 25.8 Å².